The Morgan fingerprint density at radius 3 is 2.74 bits per heavy atom. The summed E-state index contributed by atoms with van der Waals surface area (Å²) in [7, 11) is 0. The quantitative estimate of drug-likeness (QED) is 0.337. The molecule has 0 spiro atoms. The summed E-state index contributed by atoms with van der Waals surface area (Å²) in [5.74, 6) is -0.467. The molecule has 0 saturated heterocycles. The number of nitrogens with zero attached hydrogens (tertiary/aromatic N) is 1. The van der Waals surface area contributed by atoms with Gasteiger partial charge in [-0.3, -0.25) is 14.8 Å². The van der Waals surface area contributed by atoms with Crippen LogP contribution in [0.25, 0.3) is 6.08 Å². The summed E-state index contributed by atoms with van der Waals surface area (Å²) >= 11 is 0. The third kappa shape index (κ3) is 5.67. The van der Waals surface area contributed by atoms with E-state index in [0.29, 0.717) is 17.0 Å². The second kappa shape index (κ2) is 8.85. The summed E-state index contributed by atoms with van der Waals surface area (Å²) in [6.07, 6.45) is 10.5. The predicted octanol–water partition coefficient (Wildman–Crippen LogP) is 2.50. The first-order valence-corrected chi connectivity index (χ1v) is 7.75. The largest absolute Gasteiger partial charge is 0.288 e. The number of nitrogens with one attached hydrogen (secondary N) is 2. The highest BCUT2D eigenvalue weighted by molar-refractivity contribution is 5.95. The van der Waals surface area contributed by atoms with Crippen LogP contribution in [-0.2, 0) is 4.79 Å². The van der Waals surface area contributed by atoms with Crippen molar-refractivity contribution in [2.45, 2.75) is 32.1 Å². The third-order valence-corrected chi connectivity index (χ3v) is 3.79. The van der Waals surface area contributed by atoms with E-state index in [2.05, 4.69) is 10.5 Å². The minimum absolute atomic E-state index is 0.293. The standard InChI is InChI=1S/C17H21N3O3/c21-16(20-23)10-9-13-7-4-8-15(11-13)17(22)19-18-12-14-5-2-1-3-6-14/h4,7-12,14,23H,1-3,5-6H2,(H,19,22)(H,20,21). The second-order valence-corrected chi connectivity index (χ2v) is 5.55. The van der Waals surface area contributed by atoms with E-state index in [9.17, 15) is 9.59 Å². The monoisotopic (exact) mass is 315 g/mol. The molecule has 3 N–H and O–H groups in total. The Bertz CT molecular complexity index is 605. The van der Waals surface area contributed by atoms with Gasteiger partial charge in [-0.05, 0) is 42.5 Å². The van der Waals surface area contributed by atoms with E-state index >= 15 is 0 Å². The molecule has 0 bridgehead atoms. The maximum atomic E-state index is 12.1. The number of carbonyl (C=O) groups excluding carboxylic acids is 2. The summed E-state index contributed by atoms with van der Waals surface area (Å²) in [6.45, 7) is 0. The maximum Gasteiger partial charge on any atom is 0.271 e. The minimum Gasteiger partial charge on any atom is -0.288 e. The van der Waals surface area contributed by atoms with Crippen molar-refractivity contribution in [2.24, 2.45) is 11.0 Å². The fraction of sp³-hybridized carbons (Fsp3) is 0.353. The van der Waals surface area contributed by atoms with Crippen molar-refractivity contribution >= 4 is 24.1 Å². The van der Waals surface area contributed by atoms with Gasteiger partial charge in [0.15, 0.2) is 0 Å². The van der Waals surface area contributed by atoms with Crippen molar-refractivity contribution in [2.75, 3.05) is 0 Å². The van der Waals surface area contributed by atoms with E-state index < -0.39 is 5.91 Å². The number of carbonyl (C=O) groups is 2. The van der Waals surface area contributed by atoms with Gasteiger partial charge in [0.1, 0.15) is 0 Å². The van der Waals surface area contributed by atoms with Crippen molar-refractivity contribution in [1.82, 2.24) is 10.9 Å². The highest BCUT2D eigenvalue weighted by Crippen LogP contribution is 2.21. The molecular weight excluding hydrogens is 294 g/mol. The van der Waals surface area contributed by atoms with Crippen molar-refractivity contribution in [3.8, 4) is 0 Å². The molecule has 1 aliphatic carbocycles. The third-order valence-electron chi connectivity index (χ3n) is 3.79. The minimum atomic E-state index is -0.628. The van der Waals surface area contributed by atoms with Crippen LogP contribution in [0.4, 0.5) is 0 Å². The second-order valence-electron chi connectivity index (χ2n) is 5.55. The smallest absolute Gasteiger partial charge is 0.271 e. The SMILES string of the molecule is O=C(C=Cc1cccc(C(=O)NN=CC2CCCCC2)c1)NO. The molecule has 122 valence electrons. The number of amides is 2. The van der Waals surface area contributed by atoms with Crippen molar-refractivity contribution in [1.29, 1.82) is 0 Å². The number of hydrazone groups is 1. The highest BCUT2D eigenvalue weighted by atomic mass is 16.5. The number of rotatable bonds is 5. The first-order valence-electron chi connectivity index (χ1n) is 7.75. The molecule has 1 aromatic carbocycles. The molecule has 6 nitrogen and oxygen atoms in total. The van der Waals surface area contributed by atoms with Gasteiger partial charge in [0.05, 0.1) is 0 Å². The fourth-order valence-electron chi connectivity index (χ4n) is 2.54. The van der Waals surface area contributed by atoms with Gasteiger partial charge in [-0.15, -0.1) is 0 Å². The molecule has 1 saturated carbocycles. The van der Waals surface area contributed by atoms with Crippen LogP contribution in [0.2, 0.25) is 0 Å². The zero-order chi connectivity index (χ0) is 16.5. The van der Waals surface area contributed by atoms with Crippen molar-refractivity contribution < 1.29 is 14.8 Å². The Kier molecular flexibility index (Phi) is 6.50. The molecule has 6 heteroatoms. The maximum absolute atomic E-state index is 12.1. The molecule has 0 atom stereocenters. The Balaban J connectivity index is 1.92. The summed E-state index contributed by atoms with van der Waals surface area (Å²) in [4.78, 5) is 23.0. The molecular formula is C17H21N3O3. The zero-order valence-electron chi connectivity index (χ0n) is 12.9. The zero-order valence-corrected chi connectivity index (χ0v) is 12.9. The van der Waals surface area contributed by atoms with Gasteiger partial charge in [-0.25, -0.2) is 10.9 Å². The lowest BCUT2D eigenvalue weighted by Gasteiger charge is -2.16. The molecule has 1 aromatic rings. The summed E-state index contributed by atoms with van der Waals surface area (Å²) in [5.41, 5.74) is 5.18. The number of hydrogen-bond acceptors (Lipinski definition) is 4. The van der Waals surface area contributed by atoms with Gasteiger partial charge in [0, 0.05) is 17.9 Å². The predicted molar refractivity (Wildman–Crippen MR) is 87.9 cm³/mol. The Morgan fingerprint density at radius 1 is 1.22 bits per heavy atom. The van der Waals surface area contributed by atoms with E-state index in [-0.39, 0.29) is 5.91 Å². The van der Waals surface area contributed by atoms with Crippen molar-refractivity contribution in [3.05, 3.63) is 41.5 Å². The normalized spacial score (nSPS) is 15.9. The van der Waals surface area contributed by atoms with Crippen LogP contribution in [0.3, 0.4) is 0 Å². The van der Waals surface area contributed by atoms with Crippen LogP contribution in [0.1, 0.15) is 48.0 Å². The van der Waals surface area contributed by atoms with Gasteiger partial charge in [-0.1, -0.05) is 31.4 Å². The summed E-state index contributed by atoms with van der Waals surface area (Å²) in [5, 5.41) is 12.5. The summed E-state index contributed by atoms with van der Waals surface area (Å²) < 4.78 is 0. The Labute approximate surface area is 135 Å². The molecule has 1 aliphatic rings. The molecule has 0 radical (unpaired) electrons. The lowest BCUT2D eigenvalue weighted by atomic mass is 9.90. The number of hydroxylamine groups is 1. The van der Waals surface area contributed by atoms with Crippen LogP contribution in [-0.4, -0.2) is 23.2 Å². The molecule has 1 fully saturated rings. The van der Waals surface area contributed by atoms with Gasteiger partial charge in [0.2, 0.25) is 0 Å². The Hall–Kier alpha value is -2.47. The van der Waals surface area contributed by atoms with Crippen LogP contribution < -0.4 is 10.9 Å². The van der Waals surface area contributed by atoms with Gasteiger partial charge in [-0.2, -0.15) is 5.10 Å². The van der Waals surface area contributed by atoms with Crippen molar-refractivity contribution in [3.63, 3.8) is 0 Å². The number of benzene rings is 1. The fourth-order valence-corrected chi connectivity index (χ4v) is 2.54. The lowest BCUT2D eigenvalue weighted by molar-refractivity contribution is -0.124. The topological polar surface area (TPSA) is 90.8 Å². The molecule has 2 rings (SSSR count). The number of hydrogen-bond donors (Lipinski definition) is 3. The van der Waals surface area contributed by atoms with E-state index in [1.165, 1.54) is 36.9 Å². The van der Waals surface area contributed by atoms with Crippen LogP contribution in [0.5, 0.6) is 0 Å². The molecule has 23 heavy (non-hydrogen) atoms. The molecule has 0 aliphatic heterocycles. The van der Waals surface area contributed by atoms with E-state index in [1.807, 2.05) is 6.21 Å². The molecule has 0 heterocycles. The molecule has 2 amide bonds. The average molecular weight is 315 g/mol. The first-order chi connectivity index (χ1) is 11.2. The van der Waals surface area contributed by atoms with Crippen LogP contribution >= 0.6 is 0 Å². The van der Waals surface area contributed by atoms with Crippen LogP contribution in [0.15, 0.2) is 35.4 Å². The van der Waals surface area contributed by atoms with E-state index in [0.717, 1.165) is 12.8 Å². The first kappa shape index (κ1) is 16.9. The lowest BCUT2D eigenvalue weighted by Crippen LogP contribution is -2.19. The van der Waals surface area contributed by atoms with E-state index in [4.69, 9.17) is 5.21 Å². The summed E-state index contributed by atoms with van der Waals surface area (Å²) in [6, 6.07) is 6.79. The van der Waals surface area contributed by atoms with Gasteiger partial charge in [0.25, 0.3) is 11.8 Å². The molecule has 0 aromatic heterocycles. The van der Waals surface area contributed by atoms with E-state index in [1.54, 1.807) is 24.3 Å². The van der Waals surface area contributed by atoms with Crippen LogP contribution in [0, 0.1) is 5.92 Å². The Morgan fingerprint density at radius 2 is 2.00 bits per heavy atom. The van der Waals surface area contributed by atoms with Gasteiger partial charge < -0.3 is 0 Å². The molecule has 0 unspecified atom stereocenters. The highest BCUT2D eigenvalue weighted by Gasteiger charge is 2.11. The van der Waals surface area contributed by atoms with Gasteiger partial charge >= 0.3 is 0 Å². The average Bonchev–Trinajstić information content (AvgIpc) is 2.60.